The molecule has 7 heteroatoms. The third kappa shape index (κ3) is 5.51. The number of nitrogens with zero attached hydrogens (tertiary/aromatic N) is 3. The minimum Gasteiger partial charge on any atom is -0.331 e. The summed E-state index contributed by atoms with van der Waals surface area (Å²) in [4.78, 5) is 17.7. The predicted octanol–water partition coefficient (Wildman–Crippen LogP) is 8.27. The van der Waals surface area contributed by atoms with E-state index in [1.807, 2.05) is 67.7 Å². The summed E-state index contributed by atoms with van der Waals surface area (Å²) in [5.74, 6) is 1.31. The van der Waals surface area contributed by atoms with Crippen molar-refractivity contribution in [3.05, 3.63) is 156 Å². The van der Waals surface area contributed by atoms with Gasteiger partial charge in [-0.1, -0.05) is 128 Å². The van der Waals surface area contributed by atoms with Crippen LogP contribution in [0, 0.1) is 0 Å². The Morgan fingerprint density at radius 2 is 1.33 bits per heavy atom. The molecular formula is C36H33N5OS. The summed E-state index contributed by atoms with van der Waals surface area (Å²) in [5, 5.41) is 13.1. The van der Waals surface area contributed by atoms with Crippen LogP contribution in [-0.4, -0.2) is 26.5 Å². The lowest BCUT2D eigenvalue weighted by Gasteiger charge is -2.37. The van der Waals surface area contributed by atoms with Gasteiger partial charge in [0, 0.05) is 12.3 Å². The van der Waals surface area contributed by atoms with Gasteiger partial charge in [0.1, 0.15) is 16.4 Å². The van der Waals surface area contributed by atoms with Crippen molar-refractivity contribution in [1.29, 1.82) is 0 Å². The van der Waals surface area contributed by atoms with Gasteiger partial charge in [-0.2, -0.15) is 5.10 Å². The molecule has 0 saturated heterocycles. The summed E-state index contributed by atoms with van der Waals surface area (Å²) in [6.45, 7) is 4.08. The molecular weight excluding hydrogens is 550 g/mol. The highest BCUT2D eigenvalue weighted by Gasteiger charge is 2.41. The molecule has 214 valence electrons. The molecule has 0 spiro atoms. The lowest BCUT2D eigenvalue weighted by atomic mass is 9.77. The number of benzene rings is 4. The lowest BCUT2D eigenvalue weighted by molar-refractivity contribution is 0.249. The summed E-state index contributed by atoms with van der Waals surface area (Å²) >= 11 is 1.68. The number of thioether (sulfide) groups is 1. The number of hydrogen-bond acceptors (Lipinski definition) is 4. The van der Waals surface area contributed by atoms with Crippen LogP contribution in [0.25, 0.3) is 10.9 Å². The number of urea groups is 1. The van der Waals surface area contributed by atoms with Crippen molar-refractivity contribution in [3.63, 3.8) is 0 Å². The van der Waals surface area contributed by atoms with Crippen molar-refractivity contribution in [2.75, 3.05) is 11.1 Å². The van der Waals surface area contributed by atoms with Gasteiger partial charge >= 0.3 is 6.03 Å². The largest absolute Gasteiger partial charge is 0.331 e. The molecule has 4 aromatic carbocycles. The highest BCUT2D eigenvalue weighted by atomic mass is 32.2. The van der Waals surface area contributed by atoms with Gasteiger partial charge in [-0.15, -0.1) is 11.8 Å². The molecule has 0 radical (unpaired) electrons. The molecule has 2 N–H and O–H groups in total. The first kappa shape index (κ1) is 28.2. The topological polar surface area (TPSA) is 71.8 Å². The molecule has 1 unspecified atom stereocenters. The van der Waals surface area contributed by atoms with Crippen LogP contribution in [0.2, 0.25) is 0 Å². The number of fused-ring (bicyclic) bond motifs is 1. The van der Waals surface area contributed by atoms with Gasteiger partial charge in [0.25, 0.3) is 0 Å². The minimum absolute atomic E-state index is 0.162. The Morgan fingerprint density at radius 1 is 0.814 bits per heavy atom. The number of nitrogens with one attached hydrogen (secondary N) is 2. The fourth-order valence-electron chi connectivity index (χ4n) is 5.63. The van der Waals surface area contributed by atoms with Crippen LogP contribution in [0.3, 0.4) is 0 Å². The average Bonchev–Trinajstić information content (AvgIpc) is 3.41. The molecule has 0 bridgehead atoms. The third-order valence-corrected chi connectivity index (χ3v) is 8.46. The van der Waals surface area contributed by atoms with E-state index >= 15 is 0 Å². The maximum Gasteiger partial charge on any atom is 0.320 e. The molecule has 0 fully saturated rings. The number of rotatable bonds is 9. The van der Waals surface area contributed by atoms with Gasteiger partial charge < -0.3 is 5.32 Å². The van der Waals surface area contributed by atoms with Gasteiger partial charge in [-0.25, -0.2) is 14.5 Å². The molecule has 6 nitrogen and oxygen atoms in total. The van der Waals surface area contributed by atoms with Crippen LogP contribution in [0.5, 0.6) is 0 Å². The number of aromatic nitrogens is 3. The first-order chi connectivity index (χ1) is 21.1. The van der Waals surface area contributed by atoms with Crippen molar-refractivity contribution in [2.45, 2.75) is 30.5 Å². The summed E-state index contributed by atoms with van der Waals surface area (Å²) < 4.78 is 2.11. The third-order valence-electron chi connectivity index (χ3n) is 7.59. The Bertz CT molecular complexity index is 1710. The molecule has 0 aliphatic rings. The molecule has 6 rings (SSSR count). The first-order valence-corrected chi connectivity index (χ1v) is 15.4. The molecule has 43 heavy (non-hydrogen) atoms. The lowest BCUT2D eigenvalue weighted by Crippen LogP contribution is -2.38. The van der Waals surface area contributed by atoms with E-state index < -0.39 is 5.54 Å². The summed E-state index contributed by atoms with van der Waals surface area (Å²) in [6.07, 6.45) is 1.82. The van der Waals surface area contributed by atoms with Crippen molar-refractivity contribution >= 4 is 34.5 Å². The number of amides is 2. The fraction of sp³-hybridized carbons (Fsp3) is 0.139. The average molecular weight is 584 g/mol. The normalized spacial score (nSPS) is 12.1. The zero-order valence-electron chi connectivity index (χ0n) is 24.1. The highest BCUT2D eigenvalue weighted by Crippen LogP contribution is 2.44. The van der Waals surface area contributed by atoms with Crippen LogP contribution >= 0.6 is 11.8 Å². The number of anilines is 1. The quantitative estimate of drug-likeness (QED) is 0.133. The van der Waals surface area contributed by atoms with Crippen molar-refractivity contribution in [2.24, 2.45) is 0 Å². The Hall–Kier alpha value is -4.88. The zero-order valence-corrected chi connectivity index (χ0v) is 25.0. The van der Waals surface area contributed by atoms with Crippen LogP contribution in [0.4, 0.5) is 10.6 Å². The van der Waals surface area contributed by atoms with E-state index in [2.05, 4.69) is 100 Å². The maximum absolute atomic E-state index is 13.1. The molecule has 2 aromatic heterocycles. The van der Waals surface area contributed by atoms with Crippen LogP contribution in [-0.2, 0) is 5.54 Å². The Labute approximate surface area is 256 Å². The highest BCUT2D eigenvalue weighted by molar-refractivity contribution is 7.99. The minimum atomic E-state index is -0.794. The van der Waals surface area contributed by atoms with E-state index in [4.69, 9.17) is 5.10 Å². The molecule has 2 amide bonds. The van der Waals surface area contributed by atoms with E-state index in [9.17, 15) is 4.79 Å². The van der Waals surface area contributed by atoms with Crippen LogP contribution < -0.4 is 10.6 Å². The molecule has 1 atom stereocenters. The monoisotopic (exact) mass is 583 g/mol. The van der Waals surface area contributed by atoms with Crippen LogP contribution in [0.15, 0.2) is 139 Å². The van der Waals surface area contributed by atoms with Gasteiger partial charge in [0.05, 0.1) is 16.9 Å². The molecule has 0 saturated carbocycles. The standard InChI is InChI=1S/C36H33N5OS/c1-3-43-34-31-25-37-33(39-35(42)38-26(2)27-16-8-4-9-17-27)24-32(31)41(40-34)36(28-18-10-5-11-19-28,29-20-12-6-13-21-29)30-22-14-7-15-23-30/h4-26H,3H2,1-2H3,(H2,37,38,39,42). The Kier molecular flexibility index (Phi) is 8.24. The number of hydrogen-bond donors (Lipinski definition) is 2. The van der Waals surface area contributed by atoms with Gasteiger partial charge in [-0.05, 0) is 34.9 Å². The SMILES string of the molecule is CCSc1nn(C(c2ccccc2)(c2ccccc2)c2ccccc2)c2cc(NC(=O)NC(C)c3ccccc3)ncc12. The van der Waals surface area contributed by atoms with E-state index in [1.165, 1.54) is 0 Å². The molecule has 0 aliphatic carbocycles. The van der Waals surface area contributed by atoms with E-state index in [-0.39, 0.29) is 12.1 Å². The van der Waals surface area contributed by atoms with E-state index in [0.29, 0.717) is 5.82 Å². The second-order valence-corrected chi connectivity index (χ2v) is 11.5. The predicted molar refractivity (Wildman–Crippen MR) is 176 cm³/mol. The summed E-state index contributed by atoms with van der Waals surface area (Å²) in [5.41, 5.74) is 4.33. The van der Waals surface area contributed by atoms with E-state index in [1.54, 1.807) is 11.8 Å². The molecule has 2 heterocycles. The fourth-order valence-corrected chi connectivity index (χ4v) is 6.36. The van der Waals surface area contributed by atoms with E-state index in [0.717, 1.165) is 43.9 Å². The molecule has 6 aromatic rings. The van der Waals surface area contributed by atoms with Crippen molar-refractivity contribution in [1.82, 2.24) is 20.1 Å². The zero-order chi connectivity index (χ0) is 29.6. The number of carbonyl (C=O) groups excluding carboxylic acids is 1. The second-order valence-electron chi connectivity index (χ2n) is 10.3. The number of carbonyl (C=O) groups is 1. The number of pyridine rings is 1. The van der Waals surface area contributed by atoms with Gasteiger partial charge in [0.2, 0.25) is 0 Å². The van der Waals surface area contributed by atoms with Crippen molar-refractivity contribution < 1.29 is 4.79 Å². The Morgan fingerprint density at radius 3 is 1.84 bits per heavy atom. The van der Waals surface area contributed by atoms with Crippen LogP contribution in [0.1, 0.15) is 42.1 Å². The van der Waals surface area contributed by atoms with Crippen molar-refractivity contribution in [3.8, 4) is 0 Å². The van der Waals surface area contributed by atoms with Gasteiger partial charge in [0.15, 0.2) is 0 Å². The summed E-state index contributed by atoms with van der Waals surface area (Å²) in [6, 6.07) is 42.7. The maximum atomic E-state index is 13.1. The smallest absolute Gasteiger partial charge is 0.320 e. The Balaban J connectivity index is 1.53. The summed E-state index contributed by atoms with van der Waals surface area (Å²) in [7, 11) is 0. The van der Waals surface area contributed by atoms with Gasteiger partial charge in [-0.3, -0.25) is 5.32 Å². The second kappa shape index (κ2) is 12.5. The first-order valence-electron chi connectivity index (χ1n) is 14.4. The molecule has 0 aliphatic heterocycles.